The predicted octanol–water partition coefficient (Wildman–Crippen LogP) is 2.38. The van der Waals surface area contributed by atoms with Gasteiger partial charge in [-0.1, -0.05) is 0 Å². The molecule has 0 saturated heterocycles. The standard InChI is InChI=1S/C13H14FNO2/c14-12-6-9(8-15)4-5-13(12)17-11-3-1-2-10(16)7-11/h4-6,10-11,16H,1-3,7H2. The molecule has 3 nitrogen and oxygen atoms in total. The molecule has 1 aromatic rings. The first kappa shape index (κ1) is 11.9. The van der Waals surface area contributed by atoms with Crippen LogP contribution in [0.2, 0.25) is 0 Å². The molecule has 0 radical (unpaired) electrons. The van der Waals surface area contributed by atoms with Crippen LogP contribution >= 0.6 is 0 Å². The molecule has 1 aromatic carbocycles. The van der Waals surface area contributed by atoms with Gasteiger partial charge in [0.05, 0.1) is 17.7 Å². The van der Waals surface area contributed by atoms with E-state index < -0.39 is 5.82 Å². The lowest BCUT2D eigenvalue weighted by Gasteiger charge is -2.26. The summed E-state index contributed by atoms with van der Waals surface area (Å²) in [7, 11) is 0. The van der Waals surface area contributed by atoms with Gasteiger partial charge in [0, 0.05) is 6.42 Å². The van der Waals surface area contributed by atoms with E-state index in [2.05, 4.69) is 0 Å². The minimum absolute atomic E-state index is 0.138. The first-order chi connectivity index (χ1) is 8.19. The third-order valence-electron chi connectivity index (χ3n) is 2.95. The Kier molecular flexibility index (Phi) is 3.60. The van der Waals surface area contributed by atoms with Crippen LogP contribution in [-0.4, -0.2) is 17.3 Å². The molecule has 0 bridgehead atoms. The van der Waals surface area contributed by atoms with Crippen LogP contribution in [0.3, 0.4) is 0 Å². The highest BCUT2D eigenvalue weighted by Crippen LogP contribution is 2.26. The molecule has 1 fully saturated rings. The highest BCUT2D eigenvalue weighted by molar-refractivity contribution is 5.36. The largest absolute Gasteiger partial charge is 0.487 e. The van der Waals surface area contributed by atoms with E-state index in [9.17, 15) is 9.50 Å². The monoisotopic (exact) mass is 235 g/mol. The van der Waals surface area contributed by atoms with Crippen LogP contribution in [0.1, 0.15) is 31.2 Å². The van der Waals surface area contributed by atoms with Crippen molar-refractivity contribution >= 4 is 0 Å². The smallest absolute Gasteiger partial charge is 0.166 e. The van der Waals surface area contributed by atoms with E-state index in [0.29, 0.717) is 6.42 Å². The molecule has 2 atom stereocenters. The maximum Gasteiger partial charge on any atom is 0.166 e. The van der Waals surface area contributed by atoms with Crippen molar-refractivity contribution in [2.75, 3.05) is 0 Å². The van der Waals surface area contributed by atoms with E-state index in [1.165, 1.54) is 12.1 Å². The number of halogens is 1. The maximum absolute atomic E-state index is 13.6. The molecule has 0 aliphatic heterocycles. The highest BCUT2D eigenvalue weighted by atomic mass is 19.1. The molecule has 4 heteroatoms. The fourth-order valence-electron chi connectivity index (χ4n) is 2.07. The van der Waals surface area contributed by atoms with Crippen LogP contribution < -0.4 is 4.74 Å². The zero-order valence-corrected chi connectivity index (χ0v) is 9.40. The molecule has 0 heterocycles. The van der Waals surface area contributed by atoms with Crippen LogP contribution in [0.4, 0.5) is 4.39 Å². The van der Waals surface area contributed by atoms with Gasteiger partial charge >= 0.3 is 0 Å². The molecule has 90 valence electrons. The van der Waals surface area contributed by atoms with Crippen LogP contribution in [0.25, 0.3) is 0 Å². The van der Waals surface area contributed by atoms with E-state index >= 15 is 0 Å². The minimum atomic E-state index is -0.524. The van der Waals surface area contributed by atoms with Crippen molar-refractivity contribution in [3.8, 4) is 11.8 Å². The second-order valence-electron chi connectivity index (χ2n) is 4.32. The number of hydrogen-bond donors (Lipinski definition) is 1. The number of aliphatic hydroxyl groups is 1. The van der Waals surface area contributed by atoms with E-state index in [1.807, 2.05) is 6.07 Å². The predicted molar refractivity (Wildman–Crippen MR) is 60.0 cm³/mol. The van der Waals surface area contributed by atoms with Gasteiger partial charge in [0.2, 0.25) is 0 Å². The first-order valence-corrected chi connectivity index (χ1v) is 5.73. The van der Waals surface area contributed by atoms with E-state index in [0.717, 1.165) is 25.3 Å². The summed E-state index contributed by atoms with van der Waals surface area (Å²) in [4.78, 5) is 0. The van der Waals surface area contributed by atoms with Crippen molar-refractivity contribution in [3.63, 3.8) is 0 Å². The van der Waals surface area contributed by atoms with Gasteiger partial charge in [0.15, 0.2) is 11.6 Å². The molecule has 2 unspecified atom stereocenters. The summed E-state index contributed by atoms with van der Waals surface area (Å²) in [5.41, 5.74) is 0.276. The van der Waals surface area contributed by atoms with Gasteiger partial charge in [-0.25, -0.2) is 4.39 Å². The molecule has 1 aliphatic rings. The van der Waals surface area contributed by atoms with E-state index in [1.54, 1.807) is 0 Å². The minimum Gasteiger partial charge on any atom is -0.487 e. The lowest BCUT2D eigenvalue weighted by Crippen LogP contribution is -2.28. The molecule has 0 amide bonds. The van der Waals surface area contributed by atoms with Crippen molar-refractivity contribution in [1.29, 1.82) is 5.26 Å². The van der Waals surface area contributed by atoms with E-state index in [4.69, 9.17) is 10.00 Å². The number of rotatable bonds is 2. The maximum atomic E-state index is 13.6. The Bertz CT molecular complexity index is 442. The Morgan fingerprint density at radius 3 is 2.88 bits per heavy atom. The van der Waals surface area contributed by atoms with Crippen molar-refractivity contribution in [3.05, 3.63) is 29.6 Å². The van der Waals surface area contributed by atoms with Crippen LogP contribution in [0.5, 0.6) is 5.75 Å². The molecule has 2 rings (SSSR count). The topological polar surface area (TPSA) is 53.2 Å². The van der Waals surface area contributed by atoms with Crippen molar-refractivity contribution < 1.29 is 14.2 Å². The van der Waals surface area contributed by atoms with Crippen molar-refractivity contribution in [2.45, 2.75) is 37.9 Å². The lowest BCUT2D eigenvalue weighted by molar-refractivity contribution is 0.0517. The molecule has 17 heavy (non-hydrogen) atoms. The van der Waals surface area contributed by atoms with Gasteiger partial charge in [0.1, 0.15) is 6.10 Å². The number of ether oxygens (including phenoxy) is 1. The fraction of sp³-hybridized carbons (Fsp3) is 0.462. The number of benzene rings is 1. The Morgan fingerprint density at radius 1 is 1.41 bits per heavy atom. The summed E-state index contributed by atoms with van der Waals surface area (Å²) in [5.74, 6) is -0.368. The normalized spacial score (nSPS) is 24.1. The summed E-state index contributed by atoms with van der Waals surface area (Å²) in [6, 6.07) is 6.02. The zero-order valence-electron chi connectivity index (χ0n) is 9.40. The summed E-state index contributed by atoms with van der Waals surface area (Å²) in [5, 5.41) is 18.1. The first-order valence-electron chi connectivity index (χ1n) is 5.73. The summed E-state index contributed by atoms with van der Waals surface area (Å²) in [6.07, 6.45) is 2.56. The quantitative estimate of drug-likeness (QED) is 0.856. The third-order valence-corrected chi connectivity index (χ3v) is 2.95. The van der Waals surface area contributed by atoms with Crippen LogP contribution in [0.15, 0.2) is 18.2 Å². The average Bonchev–Trinajstić information content (AvgIpc) is 2.32. The van der Waals surface area contributed by atoms with Crippen LogP contribution in [-0.2, 0) is 0 Å². The van der Waals surface area contributed by atoms with Gasteiger partial charge in [-0.05, 0) is 37.5 Å². The second-order valence-corrected chi connectivity index (χ2v) is 4.32. The number of nitriles is 1. The Balaban J connectivity index is 2.06. The molecule has 0 spiro atoms. The SMILES string of the molecule is N#Cc1ccc(OC2CCCC(O)C2)c(F)c1. The summed E-state index contributed by atoms with van der Waals surface area (Å²) >= 11 is 0. The molecule has 1 N–H and O–H groups in total. The highest BCUT2D eigenvalue weighted by Gasteiger charge is 2.22. The summed E-state index contributed by atoms with van der Waals surface area (Å²) in [6.45, 7) is 0. The molecular formula is C13H14FNO2. The average molecular weight is 235 g/mol. The number of nitrogens with zero attached hydrogens (tertiary/aromatic N) is 1. The number of hydrogen-bond acceptors (Lipinski definition) is 3. The van der Waals surface area contributed by atoms with Gasteiger partial charge in [-0.2, -0.15) is 5.26 Å². The Labute approximate surface area is 99.4 Å². The zero-order chi connectivity index (χ0) is 12.3. The molecular weight excluding hydrogens is 221 g/mol. The molecule has 1 aliphatic carbocycles. The lowest BCUT2D eigenvalue weighted by atomic mass is 9.95. The van der Waals surface area contributed by atoms with Gasteiger partial charge in [0.25, 0.3) is 0 Å². The Morgan fingerprint density at radius 2 is 2.24 bits per heavy atom. The van der Waals surface area contributed by atoms with Crippen molar-refractivity contribution in [1.82, 2.24) is 0 Å². The summed E-state index contributed by atoms with van der Waals surface area (Å²) < 4.78 is 19.1. The van der Waals surface area contributed by atoms with Gasteiger partial charge in [-0.15, -0.1) is 0 Å². The Hall–Kier alpha value is -1.60. The van der Waals surface area contributed by atoms with Crippen molar-refractivity contribution in [2.24, 2.45) is 0 Å². The molecule has 0 aromatic heterocycles. The number of aliphatic hydroxyl groups excluding tert-OH is 1. The third kappa shape index (κ3) is 2.95. The van der Waals surface area contributed by atoms with E-state index in [-0.39, 0.29) is 23.5 Å². The second kappa shape index (κ2) is 5.15. The van der Waals surface area contributed by atoms with Crippen LogP contribution in [0, 0.1) is 17.1 Å². The fourth-order valence-corrected chi connectivity index (χ4v) is 2.07. The molecule has 1 saturated carbocycles. The van der Waals surface area contributed by atoms with Gasteiger partial charge < -0.3 is 9.84 Å². The van der Waals surface area contributed by atoms with Gasteiger partial charge in [-0.3, -0.25) is 0 Å².